The highest BCUT2D eigenvalue weighted by atomic mass is 16.2. The van der Waals surface area contributed by atoms with Crippen LogP contribution in [0.2, 0.25) is 0 Å². The molecule has 1 aliphatic rings. The van der Waals surface area contributed by atoms with E-state index in [0.29, 0.717) is 18.5 Å². The number of hydrogen-bond acceptors (Lipinski definition) is 2. The first kappa shape index (κ1) is 18.2. The van der Waals surface area contributed by atoms with Crippen LogP contribution in [0.5, 0.6) is 0 Å². The lowest BCUT2D eigenvalue weighted by atomic mass is 10.1. The van der Waals surface area contributed by atoms with Crippen molar-refractivity contribution in [2.45, 2.75) is 39.0 Å². The van der Waals surface area contributed by atoms with Gasteiger partial charge in [0.25, 0.3) is 5.91 Å². The molecule has 0 aromatic heterocycles. The van der Waals surface area contributed by atoms with Crippen molar-refractivity contribution >= 4 is 17.5 Å². The number of anilines is 1. The Bertz CT molecular complexity index is 751. The third kappa shape index (κ3) is 4.72. The summed E-state index contributed by atoms with van der Waals surface area (Å²) < 4.78 is 0. The van der Waals surface area contributed by atoms with Gasteiger partial charge in [-0.25, -0.2) is 0 Å². The quantitative estimate of drug-likeness (QED) is 0.771. The molecule has 1 heterocycles. The monoisotopic (exact) mass is 350 g/mol. The molecule has 0 saturated carbocycles. The van der Waals surface area contributed by atoms with Gasteiger partial charge in [-0.15, -0.1) is 0 Å². The van der Waals surface area contributed by atoms with Crippen molar-refractivity contribution in [3.05, 3.63) is 65.2 Å². The van der Waals surface area contributed by atoms with E-state index in [1.54, 1.807) is 17.0 Å². The molecule has 0 atom stereocenters. The summed E-state index contributed by atoms with van der Waals surface area (Å²) >= 11 is 0. The standard InChI is InChI=1S/C22H26N2O2/c1-17-7-9-18(10-8-17)5-2-3-15-23-22(26)19-11-13-20(14-12-19)24-16-4-6-21(24)25/h7-14H,2-6,15-16H2,1H3,(H,23,26). The van der Waals surface area contributed by atoms with Crippen molar-refractivity contribution in [3.63, 3.8) is 0 Å². The maximum atomic E-state index is 12.2. The Morgan fingerprint density at radius 1 is 1.04 bits per heavy atom. The highest BCUT2D eigenvalue weighted by molar-refractivity contribution is 5.97. The highest BCUT2D eigenvalue weighted by Gasteiger charge is 2.21. The van der Waals surface area contributed by atoms with Crippen molar-refractivity contribution in [2.75, 3.05) is 18.0 Å². The van der Waals surface area contributed by atoms with E-state index in [2.05, 4.69) is 36.5 Å². The summed E-state index contributed by atoms with van der Waals surface area (Å²) in [5.74, 6) is 0.107. The fourth-order valence-corrected chi connectivity index (χ4v) is 3.23. The molecular formula is C22H26N2O2. The molecule has 2 amide bonds. The van der Waals surface area contributed by atoms with Crippen LogP contribution in [0.25, 0.3) is 0 Å². The van der Waals surface area contributed by atoms with Gasteiger partial charge in [-0.3, -0.25) is 9.59 Å². The van der Waals surface area contributed by atoms with Crippen LogP contribution in [0, 0.1) is 6.92 Å². The maximum Gasteiger partial charge on any atom is 0.251 e. The molecule has 0 aliphatic carbocycles. The topological polar surface area (TPSA) is 49.4 Å². The van der Waals surface area contributed by atoms with E-state index in [1.807, 2.05) is 12.1 Å². The van der Waals surface area contributed by atoms with E-state index >= 15 is 0 Å². The minimum absolute atomic E-state index is 0.0559. The molecule has 0 spiro atoms. The average Bonchev–Trinajstić information content (AvgIpc) is 3.09. The molecular weight excluding hydrogens is 324 g/mol. The average molecular weight is 350 g/mol. The van der Waals surface area contributed by atoms with Crippen LogP contribution in [-0.2, 0) is 11.2 Å². The number of unbranched alkanes of at least 4 members (excludes halogenated alkanes) is 1. The Morgan fingerprint density at radius 2 is 1.77 bits per heavy atom. The number of carbonyl (C=O) groups excluding carboxylic acids is 2. The molecule has 26 heavy (non-hydrogen) atoms. The summed E-state index contributed by atoms with van der Waals surface area (Å²) in [5.41, 5.74) is 4.14. The van der Waals surface area contributed by atoms with E-state index < -0.39 is 0 Å². The van der Waals surface area contributed by atoms with Crippen LogP contribution in [0.1, 0.15) is 47.2 Å². The van der Waals surface area contributed by atoms with Gasteiger partial charge in [0.05, 0.1) is 0 Å². The number of carbonyl (C=O) groups is 2. The third-order valence-corrected chi connectivity index (χ3v) is 4.81. The van der Waals surface area contributed by atoms with Gasteiger partial charge >= 0.3 is 0 Å². The molecule has 136 valence electrons. The molecule has 0 unspecified atom stereocenters. The largest absolute Gasteiger partial charge is 0.352 e. The van der Waals surface area contributed by atoms with Gasteiger partial charge in [0, 0.05) is 30.8 Å². The first-order chi connectivity index (χ1) is 12.6. The maximum absolute atomic E-state index is 12.2. The predicted molar refractivity (Wildman–Crippen MR) is 104 cm³/mol. The van der Waals surface area contributed by atoms with Crippen LogP contribution >= 0.6 is 0 Å². The normalized spacial score (nSPS) is 13.9. The molecule has 2 aromatic carbocycles. The summed E-state index contributed by atoms with van der Waals surface area (Å²) in [5, 5.41) is 2.97. The Hall–Kier alpha value is -2.62. The van der Waals surface area contributed by atoms with Gasteiger partial charge in [0.2, 0.25) is 5.91 Å². The molecule has 1 aliphatic heterocycles. The van der Waals surface area contributed by atoms with Crippen molar-refractivity contribution in [2.24, 2.45) is 0 Å². The number of rotatable bonds is 7. The molecule has 3 rings (SSSR count). The number of hydrogen-bond donors (Lipinski definition) is 1. The fraction of sp³-hybridized carbons (Fsp3) is 0.364. The van der Waals surface area contributed by atoms with Crippen LogP contribution in [0.3, 0.4) is 0 Å². The summed E-state index contributed by atoms with van der Waals surface area (Å²) in [6.07, 6.45) is 4.57. The van der Waals surface area contributed by atoms with Crippen molar-refractivity contribution in [3.8, 4) is 0 Å². The summed E-state index contributed by atoms with van der Waals surface area (Å²) in [4.78, 5) is 25.8. The predicted octanol–water partition coefficient (Wildman–Crippen LogP) is 3.87. The Balaban J connectivity index is 1.40. The highest BCUT2D eigenvalue weighted by Crippen LogP contribution is 2.21. The van der Waals surface area contributed by atoms with Crippen LogP contribution in [-0.4, -0.2) is 24.9 Å². The molecule has 2 aromatic rings. The van der Waals surface area contributed by atoms with E-state index in [1.165, 1.54) is 11.1 Å². The molecule has 0 bridgehead atoms. The van der Waals surface area contributed by atoms with Crippen molar-refractivity contribution in [1.82, 2.24) is 5.32 Å². The first-order valence-corrected chi connectivity index (χ1v) is 9.38. The number of amides is 2. The summed E-state index contributed by atoms with van der Waals surface area (Å²) in [6, 6.07) is 15.9. The second-order valence-electron chi connectivity index (χ2n) is 6.89. The molecule has 4 heteroatoms. The number of nitrogens with zero attached hydrogens (tertiary/aromatic N) is 1. The lowest BCUT2D eigenvalue weighted by molar-refractivity contribution is -0.117. The Kier molecular flexibility index (Phi) is 6.05. The number of aryl methyl sites for hydroxylation is 2. The van der Waals surface area contributed by atoms with E-state index in [-0.39, 0.29) is 11.8 Å². The summed E-state index contributed by atoms with van der Waals surface area (Å²) in [6.45, 7) is 3.54. The van der Waals surface area contributed by atoms with E-state index in [0.717, 1.165) is 37.9 Å². The Morgan fingerprint density at radius 3 is 2.42 bits per heavy atom. The van der Waals surface area contributed by atoms with Crippen LogP contribution in [0.4, 0.5) is 5.69 Å². The van der Waals surface area contributed by atoms with Crippen molar-refractivity contribution < 1.29 is 9.59 Å². The van der Waals surface area contributed by atoms with Gasteiger partial charge in [-0.2, -0.15) is 0 Å². The van der Waals surface area contributed by atoms with Gasteiger partial charge in [0.15, 0.2) is 0 Å². The van der Waals surface area contributed by atoms with Gasteiger partial charge in [-0.05, 0) is 62.4 Å². The van der Waals surface area contributed by atoms with Gasteiger partial charge < -0.3 is 10.2 Å². The molecule has 4 nitrogen and oxygen atoms in total. The fourth-order valence-electron chi connectivity index (χ4n) is 3.23. The van der Waals surface area contributed by atoms with Gasteiger partial charge in [0.1, 0.15) is 0 Å². The van der Waals surface area contributed by atoms with E-state index in [4.69, 9.17) is 0 Å². The molecule has 1 N–H and O–H groups in total. The third-order valence-electron chi connectivity index (χ3n) is 4.81. The van der Waals surface area contributed by atoms with Crippen LogP contribution < -0.4 is 10.2 Å². The molecule has 1 fully saturated rings. The van der Waals surface area contributed by atoms with Crippen LogP contribution in [0.15, 0.2) is 48.5 Å². The minimum atomic E-state index is -0.0559. The first-order valence-electron chi connectivity index (χ1n) is 9.38. The minimum Gasteiger partial charge on any atom is -0.352 e. The van der Waals surface area contributed by atoms with Gasteiger partial charge in [-0.1, -0.05) is 29.8 Å². The second-order valence-corrected chi connectivity index (χ2v) is 6.89. The molecule has 1 saturated heterocycles. The zero-order valence-electron chi connectivity index (χ0n) is 15.3. The van der Waals surface area contributed by atoms with E-state index in [9.17, 15) is 9.59 Å². The number of nitrogens with one attached hydrogen (secondary N) is 1. The number of benzene rings is 2. The second kappa shape index (κ2) is 8.65. The summed E-state index contributed by atoms with van der Waals surface area (Å²) in [7, 11) is 0. The van der Waals surface area contributed by atoms with Crippen molar-refractivity contribution in [1.29, 1.82) is 0 Å². The lowest BCUT2D eigenvalue weighted by Gasteiger charge is -2.15. The smallest absolute Gasteiger partial charge is 0.251 e. The SMILES string of the molecule is Cc1ccc(CCCCNC(=O)c2ccc(N3CCCC3=O)cc2)cc1. The Labute approximate surface area is 155 Å². The zero-order valence-corrected chi connectivity index (χ0v) is 15.3. The molecule has 0 radical (unpaired) electrons. The lowest BCUT2D eigenvalue weighted by Crippen LogP contribution is -2.25. The zero-order chi connectivity index (χ0) is 18.4.